The van der Waals surface area contributed by atoms with Crippen molar-refractivity contribution in [3.8, 4) is 0 Å². The summed E-state index contributed by atoms with van der Waals surface area (Å²) in [5.41, 5.74) is 6.87. The van der Waals surface area contributed by atoms with Crippen LogP contribution in [0.25, 0.3) is 0 Å². The van der Waals surface area contributed by atoms with Crippen molar-refractivity contribution in [1.82, 2.24) is 4.72 Å². The van der Waals surface area contributed by atoms with Crippen LogP contribution in [0.15, 0.2) is 23.1 Å². The van der Waals surface area contributed by atoms with Crippen LogP contribution in [0.4, 0.5) is 5.69 Å². The number of ether oxygens (including phenoxy) is 1. The smallest absolute Gasteiger partial charge is 0.240 e. The Kier molecular flexibility index (Phi) is 4.67. The average Bonchev–Trinajstić information content (AvgIpc) is 2.83. The second-order valence-electron chi connectivity index (χ2n) is 5.24. The van der Waals surface area contributed by atoms with Gasteiger partial charge >= 0.3 is 0 Å². The van der Waals surface area contributed by atoms with Gasteiger partial charge in [0.2, 0.25) is 10.0 Å². The highest BCUT2D eigenvalue weighted by molar-refractivity contribution is 7.89. The van der Waals surface area contributed by atoms with Crippen LogP contribution in [-0.2, 0) is 14.8 Å². The van der Waals surface area contributed by atoms with Crippen LogP contribution < -0.4 is 10.5 Å². The third kappa shape index (κ3) is 3.31. The Bertz CT molecular complexity index is 572. The Morgan fingerprint density at radius 2 is 2.20 bits per heavy atom. The zero-order valence-corrected chi connectivity index (χ0v) is 12.7. The van der Waals surface area contributed by atoms with Gasteiger partial charge in [0.05, 0.1) is 11.0 Å². The molecule has 0 aromatic heterocycles. The number of nitrogens with two attached hydrogens (primary N) is 1. The van der Waals surface area contributed by atoms with Crippen molar-refractivity contribution >= 4 is 15.7 Å². The first-order chi connectivity index (χ1) is 9.44. The molecule has 0 aliphatic carbocycles. The van der Waals surface area contributed by atoms with Gasteiger partial charge in [0.25, 0.3) is 0 Å². The molecular formula is C14H22N2O3S. The van der Waals surface area contributed by atoms with Crippen molar-refractivity contribution in [2.24, 2.45) is 5.92 Å². The summed E-state index contributed by atoms with van der Waals surface area (Å²) >= 11 is 0. The Morgan fingerprint density at radius 3 is 2.85 bits per heavy atom. The fourth-order valence-electron chi connectivity index (χ4n) is 2.65. The number of rotatable bonds is 5. The third-order valence-electron chi connectivity index (χ3n) is 3.77. The maximum absolute atomic E-state index is 12.3. The van der Waals surface area contributed by atoms with Gasteiger partial charge in [-0.1, -0.05) is 6.92 Å². The lowest BCUT2D eigenvalue weighted by Crippen LogP contribution is -2.33. The van der Waals surface area contributed by atoms with Gasteiger partial charge in [0.1, 0.15) is 0 Å². The van der Waals surface area contributed by atoms with Crippen molar-refractivity contribution in [3.05, 3.63) is 23.8 Å². The zero-order chi connectivity index (χ0) is 14.8. The molecule has 2 rings (SSSR count). The predicted octanol–water partition coefficient (Wildman–Crippen LogP) is 1.67. The second kappa shape index (κ2) is 6.11. The third-order valence-corrected chi connectivity index (χ3v) is 5.36. The van der Waals surface area contributed by atoms with Gasteiger partial charge in [-0.05, 0) is 43.5 Å². The molecule has 0 radical (unpaired) electrons. The van der Waals surface area contributed by atoms with E-state index >= 15 is 0 Å². The predicted molar refractivity (Wildman–Crippen MR) is 78.9 cm³/mol. The van der Waals surface area contributed by atoms with E-state index in [0.29, 0.717) is 29.3 Å². The number of anilines is 1. The van der Waals surface area contributed by atoms with Gasteiger partial charge < -0.3 is 10.5 Å². The highest BCUT2D eigenvalue weighted by Gasteiger charge is 2.28. The minimum atomic E-state index is -3.49. The van der Waals surface area contributed by atoms with Crippen LogP contribution in [0.5, 0.6) is 0 Å². The van der Waals surface area contributed by atoms with Gasteiger partial charge in [0, 0.05) is 24.8 Å². The van der Waals surface area contributed by atoms with Crippen molar-refractivity contribution in [3.63, 3.8) is 0 Å². The van der Waals surface area contributed by atoms with Crippen molar-refractivity contribution in [2.75, 3.05) is 18.9 Å². The molecule has 1 fully saturated rings. The molecule has 2 atom stereocenters. The first-order valence-corrected chi connectivity index (χ1v) is 8.39. The lowest BCUT2D eigenvalue weighted by molar-refractivity contribution is 0.0884. The second-order valence-corrected chi connectivity index (χ2v) is 6.98. The van der Waals surface area contributed by atoms with Crippen LogP contribution in [0.2, 0.25) is 0 Å². The minimum absolute atomic E-state index is 0.158. The monoisotopic (exact) mass is 298 g/mol. The molecule has 0 saturated carbocycles. The Balaban J connectivity index is 2.07. The number of aryl methyl sites for hydroxylation is 1. The van der Waals surface area contributed by atoms with Gasteiger partial charge in [-0.3, -0.25) is 0 Å². The topological polar surface area (TPSA) is 81.4 Å². The molecule has 1 heterocycles. The molecule has 2 unspecified atom stereocenters. The summed E-state index contributed by atoms with van der Waals surface area (Å²) in [5, 5.41) is 0. The zero-order valence-electron chi connectivity index (χ0n) is 11.9. The standard InChI is InChI=1S/C14H22N2O3S/c1-3-13-11(6-7-19-13)9-16-20(17,18)14-5-4-12(15)8-10(14)2/h4-5,8,11,13,16H,3,6-7,9,15H2,1-2H3. The van der Waals surface area contributed by atoms with Crippen LogP contribution in [0.1, 0.15) is 25.3 Å². The molecule has 0 bridgehead atoms. The minimum Gasteiger partial charge on any atom is -0.399 e. The lowest BCUT2D eigenvalue weighted by atomic mass is 10.0. The Hall–Kier alpha value is -1.11. The van der Waals surface area contributed by atoms with Crippen LogP contribution in [0, 0.1) is 12.8 Å². The van der Waals surface area contributed by atoms with Gasteiger partial charge in [-0.25, -0.2) is 13.1 Å². The van der Waals surface area contributed by atoms with E-state index in [4.69, 9.17) is 10.5 Å². The molecule has 1 aliphatic rings. The Morgan fingerprint density at radius 1 is 1.45 bits per heavy atom. The summed E-state index contributed by atoms with van der Waals surface area (Å²) in [6.07, 6.45) is 1.97. The Labute approximate surface area is 120 Å². The first-order valence-electron chi connectivity index (χ1n) is 6.91. The molecule has 1 aromatic carbocycles. The van der Waals surface area contributed by atoms with Crippen LogP contribution in [0.3, 0.4) is 0 Å². The number of nitrogens with one attached hydrogen (secondary N) is 1. The molecule has 3 N–H and O–H groups in total. The van der Waals surface area contributed by atoms with Crippen LogP contribution in [-0.4, -0.2) is 27.7 Å². The molecule has 0 spiro atoms. The number of hydrogen-bond acceptors (Lipinski definition) is 4. The highest BCUT2D eigenvalue weighted by Crippen LogP contribution is 2.24. The number of nitrogen functional groups attached to an aromatic ring is 1. The first kappa shape index (κ1) is 15.3. The molecule has 1 aromatic rings. The normalized spacial score (nSPS) is 23.1. The molecule has 0 amide bonds. The lowest BCUT2D eigenvalue weighted by Gasteiger charge is -2.17. The molecule has 1 saturated heterocycles. The van der Waals surface area contributed by atoms with E-state index in [-0.39, 0.29) is 12.0 Å². The molecule has 5 nitrogen and oxygen atoms in total. The van der Waals surface area contributed by atoms with Crippen LogP contribution >= 0.6 is 0 Å². The molecular weight excluding hydrogens is 276 g/mol. The van der Waals surface area contributed by atoms with E-state index in [9.17, 15) is 8.42 Å². The summed E-state index contributed by atoms with van der Waals surface area (Å²) in [4.78, 5) is 0.290. The maximum atomic E-state index is 12.3. The molecule has 112 valence electrons. The van der Waals surface area contributed by atoms with Gasteiger partial charge in [-0.15, -0.1) is 0 Å². The van der Waals surface area contributed by atoms with Crippen molar-refractivity contribution < 1.29 is 13.2 Å². The maximum Gasteiger partial charge on any atom is 0.240 e. The fourth-order valence-corrected chi connectivity index (χ4v) is 3.97. The molecule has 20 heavy (non-hydrogen) atoms. The van der Waals surface area contributed by atoms with Gasteiger partial charge in [-0.2, -0.15) is 0 Å². The van der Waals surface area contributed by atoms with Crippen molar-refractivity contribution in [1.29, 1.82) is 0 Å². The van der Waals surface area contributed by atoms with E-state index in [1.807, 2.05) is 0 Å². The summed E-state index contributed by atoms with van der Waals surface area (Å²) in [7, 11) is -3.49. The quantitative estimate of drug-likeness (QED) is 0.810. The fraction of sp³-hybridized carbons (Fsp3) is 0.571. The average molecular weight is 298 g/mol. The highest BCUT2D eigenvalue weighted by atomic mass is 32.2. The van der Waals surface area contributed by atoms with Crippen molar-refractivity contribution in [2.45, 2.75) is 37.7 Å². The number of hydrogen-bond donors (Lipinski definition) is 2. The summed E-state index contributed by atoms with van der Waals surface area (Å²) < 4.78 is 32.9. The SMILES string of the molecule is CCC1OCCC1CNS(=O)(=O)c1ccc(N)cc1C. The largest absolute Gasteiger partial charge is 0.399 e. The number of benzene rings is 1. The molecule has 6 heteroatoms. The van der Waals surface area contributed by atoms with E-state index in [1.54, 1.807) is 25.1 Å². The van der Waals surface area contributed by atoms with Gasteiger partial charge in [0.15, 0.2) is 0 Å². The summed E-state index contributed by atoms with van der Waals surface area (Å²) in [6.45, 7) is 4.94. The molecule has 1 aliphatic heterocycles. The van der Waals surface area contributed by atoms with E-state index in [0.717, 1.165) is 12.8 Å². The summed E-state index contributed by atoms with van der Waals surface area (Å²) in [6, 6.07) is 4.83. The van der Waals surface area contributed by atoms with E-state index in [2.05, 4.69) is 11.6 Å². The van der Waals surface area contributed by atoms with E-state index in [1.165, 1.54) is 0 Å². The number of sulfonamides is 1. The van der Waals surface area contributed by atoms with E-state index < -0.39 is 10.0 Å². The summed E-state index contributed by atoms with van der Waals surface area (Å²) in [5.74, 6) is 0.254.